The number of benzene rings is 3. The molecule has 2 N–H and O–H groups in total. The summed E-state index contributed by atoms with van der Waals surface area (Å²) in [5.41, 5.74) is -0.0850. The van der Waals surface area contributed by atoms with E-state index in [1.165, 1.54) is 60.7 Å². The van der Waals surface area contributed by atoms with Crippen molar-refractivity contribution in [3.8, 4) is 5.75 Å². The molecule has 0 radical (unpaired) electrons. The number of amides is 1. The van der Waals surface area contributed by atoms with Crippen molar-refractivity contribution in [1.82, 2.24) is 0 Å². The Balaban J connectivity index is 1.77. The van der Waals surface area contributed by atoms with Gasteiger partial charge in [-0.2, -0.15) is 8.78 Å². The number of carbonyl (C=O) groups excluding carboxylic acids is 1. The summed E-state index contributed by atoms with van der Waals surface area (Å²) in [5.74, 6) is -0.771. The summed E-state index contributed by atoms with van der Waals surface area (Å²) in [4.78, 5) is 22.3. The molecule has 0 saturated heterocycles. The second-order valence-corrected chi connectivity index (χ2v) is 7.98. The van der Waals surface area contributed by atoms with Gasteiger partial charge in [0.2, 0.25) is 0 Å². The minimum Gasteiger partial charge on any atom is -0.435 e. The molecule has 0 atom stereocenters. The van der Waals surface area contributed by atoms with Crippen LogP contribution in [0.5, 0.6) is 5.75 Å². The highest BCUT2D eigenvalue weighted by Gasteiger charge is 2.18. The molecule has 0 spiro atoms. The largest absolute Gasteiger partial charge is 0.435 e. The number of carbonyl (C=O) groups is 1. The number of nitro groups is 1. The second-order valence-electron chi connectivity index (χ2n) is 6.30. The minimum atomic E-state index is -4.16. The number of nitrogens with zero attached hydrogens (tertiary/aromatic N) is 1. The Morgan fingerprint density at radius 1 is 0.969 bits per heavy atom. The molecule has 3 aromatic carbocycles. The van der Waals surface area contributed by atoms with Crippen molar-refractivity contribution >= 4 is 33.0 Å². The lowest BCUT2D eigenvalue weighted by atomic mass is 10.2. The Labute approximate surface area is 180 Å². The molecule has 0 fully saturated rings. The van der Waals surface area contributed by atoms with Gasteiger partial charge in [-0.3, -0.25) is 19.6 Å². The van der Waals surface area contributed by atoms with Crippen LogP contribution in [-0.4, -0.2) is 25.9 Å². The van der Waals surface area contributed by atoms with Gasteiger partial charge in [-0.1, -0.05) is 18.2 Å². The van der Waals surface area contributed by atoms with Crippen LogP contribution in [-0.2, 0) is 10.0 Å². The smallest absolute Gasteiger partial charge is 0.387 e. The van der Waals surface area contributed by atoms with Gasteiger partial charge < -0.3 is 10.1 Å². The SMILES string of the molecule is O=C(Nc1cccc(OC(F)F)c1)c1cccc(NS(=O)(=O)c2cccc([N+](=O)[O-])c2)c1. The van der Waals surface area contributed by atoms with E-state index in [4.69, 9.17) is 0 Å². The van der Waals surface area contributed by atoms with E-state index in [1.807, 2.05) is 0 Å². The summed E-state index contributed by atoms with van der Waals surface area (Å²) in [5, 5.41) is 13.4. The average molecular weight is 463 g/mol. The number of alkyl halides is 2. The number of anilines is 2. The molecule has 0 aliphatic carbocycles. The lowest BCUT2D eigenvalue weighted by Gasteiger charge is -2.11. The fourth-order valence-corrected chi connectivity index (χ4v) is 3.74. The van der Waals surface area contributed by atoms with Gasteiger partial charge >= 0.3 is 6.61 Å². The first-order valence-corrected chi connectivity index (χ1v) is 10.4. The highest BCUT2D eigenvalue weighted by Crippen LogP contribution is 2.23. The highest BCUT2D eigenvalue weighted by molar-refractivity contribution is 7.92. The van der Waals surface area contributed by atoms with E-state index in [9.17, 15) is 32.1 Å². The zero-order chi connectivity index (χ0) is 23.3. The predicted octanol–water partition coefficient (Wildman–Crippen LogP) is 4.25. The van der Waals surface area contributed by atoms with Gasteiger partial charge in [0.05, 0.1) is 9.82 Å². The van der Waals surface area contributed by atoms with Crippen LogP contribution < -0.4 is 14.8 Å². The molecule has 0 bridgehead atoms. The lowest BCUT2D eigenvalue weighted by Crippen LogP contribution is -2.15. The Hall–Kier alpha value is -4.06. The molecule has 32 heavy (non-hydrogen) atoms. The van der Waals surface area contributed by atoms with Crippen LogP contribution in [0.25, 0.3) is 0 Å². The normalized spacial score (nSPS) is 11.1. The molecule has 0 unspecified atom stereocenters. The van der Waals surface area contributed by atoms with Crippen molar-refractivity contribution in [2.24, 2.45) is 0 Å². The number of hydrogen-bond donors (Lipinski definition) is 2. The molecule has 0 aromatic heterocycles. The number of halogens is 2. The van der Waals surface area contributed by atoms with Crippen LogP contribution in [0.3, 0.4) is 0 Å². The van der Waals surface area contributed by atoms with E-state index in [-0.39, 0.29) is 33.3 Å². The van der Waals surface area contributed by atoms with Gasteiger partial charge in [-0.25, -0.2) is 8.42 Å². The number of nitro benzene ring substituents is 1. The topological polar surface area (TPSA) is 128 Å². The number of rotatable bonds is 8. The Morgan fingerprint density at radius 2 is 1.66 bits per heavy atom. The quantitative estimate of drug-likeness (QED) is 0.380. The van der Waals surface area contributed by atoms with Crippen LogP contribution in [0.4, 0.5) is 25.8 Å². The summed E-state index contributed by atoms with van der Waals surface area (Å²) < 4.78 is 56.4. The Bertz CT molecular complexity index is 1270. The van der Waals surface area contributed by atoms with E-state index in [2.05, 4.69) is 14.8 Å². The van der Waals surface area contributed by atoms with E-state index in [0.717, 1.165) is 12.1 Å². The van der Waals surface area contributed by atoms with E-state index in [1.54, 1.807) is 0 Å². The van der Waals surface area contributed by atoms with Gasteiger partial charge in [0, 0.05) is 35.1 Å². The molecule has 0 heterocycles. The van der Waals surface area contributed by atoms with Crippen molar-refractivity contribution in [2.45, 2.75) is 11.5 Å². The third-order valence-corrected chi connectivity index (χ3v) is 5.41. The Morgan fingerprint density at radius 3 is 2.38 bits per heavy atom. The van der Waals surface area contributed by atoms with Crippen LogP contribution in [0.15, 0.2) is 77.7 Å². The number of non-ortho nitro benzene ring substituents is 1. The first-order chi connectivity index (χ1) is 15.1. The van der Waals surface area contributed by atoms with Crippen LogP contribution >= 0.6 is 0 Å². The molecular weight excluding hydrogens is 448 g/mol. The number of hydrogen-bond acceptors (Lipinski definition) is 6. The van der Waals surface area contributed by atoms with Crippen molar-refractivity contribution in [1.29, 1.82) is 0 Å². The first-order valence-electron chi connectivity index (χ1n) is 8.87. The molecule has 0 aliphatic heterocycles. The maximum Gasteiger partial charge on any atom is 0.387 e. The van der Waals surface area contributed by atoms with Crippen molar-refractivity contribution in [3.05, 3.63) is 88.5 Å². The van der Waals surface area contributed by atoms with Crippen LogP contribution in [0.2, 0.25) is 0 Å². The third kappa shape index (κ3) is 5.76. The van der Waals surface area contributed by atoms with E-state index < -0.39 is 27.5 Å². The van der Waals surface area contributed by atoms with Gasteiger partial charge in [-0.05, 0) is 36.4 Å². The molecule has 3 rings (SSSR count). The molecule has 12 heteroatoms. The zero-order valence-electron chi connectivity index (χ0n) is 16.1. The molecule has 1 amide bonds. The molecule has 0 saturated carbocycles. The second kappa shape index (κ2) is 9.39. The highest BCUT2D eigenvalue weighted by atomic mass is 32.2. The summed E-state index contributed by atoms with van der Waals surface area (Å²) >= 11 is 0. The van der Waals surface area contributed by atoms with Crippen LogP contribution in [0, 0.1) is 10.1 Å². The minimum absolute atomic E-state index is 0.0407. The number of sulfonamides is 1. The summed E-state index contributed by atoms with van der Waals surface area (Å²) in [6.07, 6.45) is 0. The monoisotopic (exact) mass is 463 g/mol. The molecule has 3 aromatic rings. The summed E-state index contributed by atoms with van der Waals surface area (Å²) in [6.45, 7) is -3.02. The number of ether oxygens (including phenoxy) is 1. The number of nitrogens with one attached hydrogen (secondary N) is 2. The zero-order valence-corrected chi connectivity index (χ0v) is 16.9. The first kappa shape index (κ1) is 22.6. The summed E-state index contributed by atoms with van der Waals surface area (Å²) in [6, 6.07) is 15.4. The van der Waals surface area contributed by atoms with Crippen molar-refractivity contribution in [2.75, 3.05) is 10.0 Å². The third-order valence-electron chi connectivity index (χ3n) is 4.03. The predicted molar refractivity (Wildman–Crippen MR) is 111 cm³/mol. The lowest BCUT2D eigenvalue weighted by molar-refractivity contribution is -0.385. The fraction of sp³-hybridized carbons (Fsp3) is 0.0500. The Kier molecular flexibility index (Phi) is 6.64. The van der Waals surface area contributed by atoms with Crippen molar-refractivity contribution in [3.63, 3.8) is 0 Å². The van der Waals surface area contributed by atoms with E-state index in [0.29, 0.717) is 0 Å². The van der Waals surface area contributed by atoms with Gasteiger partial charge in [0.1, 0.15) is 5.75 Å². The molecule has 9 nitrogen and oxygen atoms in total. The van der Waals surface area contributed by atoms with E-state index >= 15 is 0 Å². The average Bonchev–Trinajstić information content (AvgIpc) is 2.73. The van der Waals surface area contributed by atoms with Crippen LogP contribution in [0.1, 0.15) is 10.4 Å². The van der Waals surface area contributed by atoms with Crippen molar-refractivity contribution < 1.29 is 31.7 Å². The van der Waals surface area contributed by atoms with Gasteiger partial charge in [0.15, 0.2) is 0 Å². The van der Waals surface area contributed by atoms with Gasteiger partial charge in [-0.15, -0.1) is 0 Å². The van der Waals surface area contributed by atoms with Gasteiger partial charge in [0.25, 0.3) is 21.6 Å². The molecule has 0 aliphatic rings. The summed E-state index contributed by atoms with van der Waals surface area (Å²) in [7, 11) is -4.16. The molecular formula is C20H15F2N3O6S. The maximum atomic E-state index is 12.6. The fourth-order valence-electron chi connectivity index (χ4n) is 2.66. The maximum absolute atomic E-state index is 12.6. The molecule has 166 valence electrons. The standard InChI is InChI=1S/C20H15F2N3O6S/c21-20(22)31-17-8-2-5-14(11-17)23-19(26)13-4-1-6-15(10-13)24-32(29,30)18-9-3-7-16(12-18)25(27)28/h1-12,20,24H,(H,23,26).